The van der Waals surface area contributed by atoms with Crippen molar-refractivity contribution in [2.75, 3.05) is 7.11 Å². The number of H-pyrrole nitrogens is 1. The Morgan fingerprint density at radius 1 is 1.04 bits per heavy atom. The van der Waals surface area contributed by atoms with E-state index in [1.807, 2.05) is 32.0 Å². The summed E-state index contributed by atoms with van der Waals surface area (Å²) in [6.45, 7) is 3.89. The van der Waals surface area contributed by atoms with E-state index >= 15 is 0 Å². The van der Waals surface area contributed by atoms with E-state index in [1.165, 1.54) is 4.57 Å². The number of aryl methyl sites for hydroxylation is 2. The molecular weight excluding hydrogens is 344 g/mol. The van der Waals surface area contributed by atoms with Crippen molar-refractivity contribution in [3.63, 3.8) is 0 Å². The van der Waals surface area contributed by atoms with Gasteiger partial charge in [0, 0.05) is 18.3 Å². The molecule has 0 radical (unpaired) electrons. The van der Waals surface area contributed by atoms with Crippen molar-refractivity contribution in [2.24, 2.45) is 0 Å². The minimum atomic E-state index is -0.262. The van der Waals surface area contributed by atoms with Gasteiger partial charge < -0.3 is 14.5 Å². The van der Waals surface area contributed by atoms with Gasteiger partial charge in [0.05, 0.1) is 24.5 Å². The standard InChI is InChI=1S/C20H18N4O3/c1-12-8-16-19(22-10-12)24(20(25)23-16)14-5-7-18(21-11-14)27-15-6-4-13(2)17(9-15)26-3/h4-11H,1-3H3,(H,23,25). The van der Waals surface area contributed by atoms with Gasteiger partial charge >= 0.3 is 5.69 Å². The number of methoxy groups -OCH3 is 1. The quantitative estimate of drug-likeness (QED) is 0.601. The summed E-state index contributed by atoms with van der Waals surface area (Å²) in [6, 6.07) is 10.9. The van der Waals surface area contributed by atoms with Crippen LogP contribution in [-0.2, 0) is 0 Å². The highest BCUT2D eigenvalue weighted by molar-refractivity contribution is 5.73. The third kappa shape index (κ3) is 3.15. The molecule has 0 aliphatic heterocycles. The van der Waals surface area contributed by atoms with Crippen LogP contribution in [0.25, 0.3) is 16.9 Å². The summed E-state index contributed by atoms with van der Waals surface area (Å²) < 4.78 is 12.6. The Balaban J connectivity index is 1.65. The first-order valence-corrected chi connectivity index (χ1v) is 8.41. The van der Waals surface area contributed by atoms with E-state index < -0.39 is 0 Å². The molecule has 0 fully saturated rings. The van der Waals surface area contributed by atoms with Gasteiger partial charge in [-0.2, -0.15) is 0 Å². The number of nitrogens with zero attached hydrogens (tertiary/aromatic N) is 3. The molecule has 0 amide bonds. The van der Waals surface area contributed by atoms with E-state index in [9.17, 15) is 4.79 Å². The van der Waals surface area contributed by atoms with Gasteiger partial charge in [-0.1, -0.05) is 6.07 Å². The minimum Gasteiger partial charge on any atom is -0.496 e. The number of imidazole rings is 1. The second-order valence-corrected chi connectivity index (χ2v) is 6.24. The van der Waals surface area contributed by atoms with E-state index in [0.717, 1.165) is 16.9 Å². The number of rotatable bonds is 4. The van der Waals surface area contributed by atoms with Crippen molar-refractivity contribution in [3.05, 3.63) is 70.4 Å². The average Bonchev–Trinajstić information content (AvgIpc) is 2.98. The highest BCUT2D eigenvalue weighted by Gasteiger charge is 2.11. The Morgan fingerprint density at radius 2 is 1.89 bits per heavy atom. The lowest BCUT2D eigenvalue weighted by molar-refractivity contribution is 0.404. The molecule has 7 heteroatoms. The highest BCUT2D eigenvalue weighted by atomic mass is 16.5. The first kappa shape index (κ1) is 16.8. The van der Waals surface area contributed by atoms with Crippen LogP contribution >= 0.6 is 0 Å². The van der Waals surface area contributed by atoms with Crippen LogP contribution in [0.2, 0.25) is 0 Å². The zero-order valence-corrected chi connectivity index (χ0v) is 15.2. The molecule has 7 nitrogen and oxygen atoms in total. The lowest BCUT2D eigenvalue weighted by Gasteiger charge is -2.09. The van der Waals surface area contributed by atoms with Crippen LogP contribution < -0.4 is 15.2 Å². The fraction of sp³-hybridized carbons (Fsp3) is 0.150. The zero-order chi connectivity index (χ0) is 19.0. The molecule has 27 heavy (non-hydrogen) atoms. The first-order valence-electron chi connectivity index (χ1n) is 8.41. The number of fused-ring (bicyclic) bond motifs is 1. The van der Waals surface area contributed by atoms with Crippen molar-refractivity contribution >= 4 is 11.2 Å². The van der Waals surface area contributed by atoms with Crippen LogP contribution in [0.1, 0.15) is 11.1 Å². The highest BCUT2D eigenvalue weighted by Crippen LogP contribution is 2.27. The van der Waals surface area contributed by atoms with Gasteiger partial charge in [0.1, 0.15) is 11.5 Å². The predicted octanol–water partition coefficient (Wildman–Crippen LogP) is 3.53. The smallest absolute Gasteiger partial charge is 0.332 e. The Bertz CT molecular complexity index is 1180. The molecule has 4 aromatic rings. The SMILES string of the molecule is COc1cc(Oc2ccc(-n3c(=O)[nH]c4cc(C)cnc43)cn2)ccc1C. The van der Waals surface area contributed by atoms with Gasteiger partial charge in [-0.25, -0.2) is 19.3 Å². The molecule has 3 heterocycles. The fourth-order valence-corrected chi connectivity index (χ4v) is 2.89. The van der Waals surface area contributed by atoms with Crippen LogP contribution in [0.15, 0.2) is 53.6 Å². The molecular formula is C20H18N4O3. The molecule has 0 spiro atoms. The van der Waals surface area contributed by atoms with Crippen LogP contribution in [0.3, 0.4) is 0 Å². The molecule has 0 aliphatic rings. The second-order valence-electron chi connectivity index (χ2n) is 6.24. The summed E-state index contributed by atoms with van der Waals surface area (Å²) in [5, 5.41) is 0. The number of hydrogen-bond acceptors (Lipinski definition) is 5. The molecule has 0 atom stereocenters. The number of ether oxygens (including phenoxy) is 2. The largest absolute Gasteiger partial charge is 0.496 e. The van der Waals surface area contributed by atoms with E-state index in [1.54, 1.807) is 37.7 Å². The molecule has 0 saturated heterocycles. The molecule has 0 unspecified atom stereocenters. The second kappa shape index (κ2) is 6.60. The van der Waals surface area contributed by atoms with Crippen LogP contribution in [0.4, 0.5) is 0 Å². The number of hydrogen-bond donors (Lipinski definition) is 1. The van der Waals surface area contributed by atoms with Crippen molar-refractivity contribution < 1.29 is 9.47 Å². The lowest BCUT2D eigenvalue weighted by atomic mass is 10.2. The van der Waals surface area contributed by atoms with Crippen molar-refractivity contribution in [2.45, 2.75) is 13.8 Å². The molecule has 0 bridgehead atoms. The molecule has 1 aromatic carbocycles. The van der Waals surface area contributed by atoms with Gasteiger partial charge in [-0.05, 0) is 43.2 Å². The first-order chi connectivity index (χ1) is 13.0. The number of pyridine rings is 2. The third-order valence-corrected chi connectivity index (χ3v) is 4.24. The summed E-state index contributed by atoms with van der Waals surface area (Å²) in [4.78, 5) is 23.8. The van der Waals surface area contributed by atoms with E-state index in [-0.39, 0.29) is 5.69 Å². The number of aromatic nitrogens is 4. The predicted molar refractivity (Wildman–Crippen MR) is 102 cm³/mol. The Hall–Kier alpha value is -3.61. The number of benzene rings is 1. The van der Waals surface area contributed by atoms with Crippen molar-refractivity contribution in [1.29, 1.82) is 0 Å². The van der Waals surface area contributed by atoms with E-state index in [4.69, 9.17) is 9.47 Å². The van der Waals surface area contributed by atoms with E-state index in [2.05, 4.69) is 15.0 Å². The molecule has 136 valence electrons. The number of aromatic amines is 1. The van der Waals surface area contributed by atoms with Gasteiger partial charge in [0.2, 0.25) is 5.88 Å². The zero-order valence-electron chi connectivity index (χ0n) is 15.2. The van der Waals surface area contributed by atoms with Gasteiger partial charge in [0.25, 0.3) is 0 Å². The minimum absolute atomic E-state index is 0.262. The van der Waals surface area contributed by atoms with Crippen LogP contribution in [0.5, 0.6) is 17.4 Å². The molecule has 3 aromatic heterocycles. The topological polar surface area (TPSA) is 82.0 Å². The normalized spacial score (nSPS) is 10.9. The lowest BCUT2D eigenvalue weighted by Crippen LogP contribution is -2.15. The summed E-state index contributed by atoms with van der Waals surface area (Å²) in [5.41, 5.74) is 3.59. The summed E-state index contributed by atoms with van der Waals surface area (Å²) >= 11 is 0. The maximum absolute atomic E-state index is 12.3. The molecule has 0 saturated carbocycles. The Labute approximate surface area is 155 Å². The summed E-state index contributed by atoms with van der Waals surface area (Å²) in [7, 11) is 1.62. The average molecular weight is 362 g/mol. The summed E-state index contributed by atoms with van der Waals surface area (Å²) in [5.74, 6) is 1.79. The fourth-order valence-electron chi connectivity index (χ4n) is 2.89. The maximum Gasteiger partial charge on any atom is 0.332 e. The molecule has 1 N–H and O–H groups in total. The van der Waals surface area contributed by atoms with Gasteiger partial charge in [-0.15, -0.1) is 0 Å². The maximum atomic E-state index is 12.3. The van der Waals surface area contributed by atoms with Crippen LogP contribution in [-0.4, -0.2) is 26.6 Å². The van der Waals surface area contributed by atoms with Crippen molar-refractivity contribution in [1.82, 2.24) is 19.5 Å². The molecule has 0 aliphatic carbocycles. The van der Waals surface area contributed by atoms with Crippen molar-refractivity contribution in [3.8, 4) is 23.1 Å². The van der Waals surface area contributed by atoms with Gasteiger partial charge in [-0.3, -0.25) is 0 Å². The summed E-state index contributed by atoms with van der Waals surface area (Å²) in [6.07, 6.45) is 3.30. The van der Waals surface area contributed by atoms with Crippen LogP contribution in [0, 0.1) is 13.8 Å². The Kier molecular flexibility index (Phi) is 4.12. The monoisotopic (exact) mass is 362 g/mol. The van der Waals surface area contributed by atoms with Gasteiger partial charge in [0.15, 0.2) is 5.65 Å². The Morgan fingerprint density at radius 3 is 2.63 bits per heavy atom. The third-order valence-electron chi connectivity index (χ3n) is 4.24. The number of nitrogens with one attached hydrogen (secondary N) is 1. The van der Waals surface area contributed by atoms with E-state index in [0.29, 0.717) is 28.5 Å². The molecule has 4 rings (SSSR count).